The molecule has 2 aliphatic carbocycles. The number of hydrogen-bond donors (Lipinski definition) is 1. The average molecular weight is 392 g/mol. The molecule has 29 heavy (non-hydrogen) atoms. The Balaban J connectivity index is 1.23. The van der Waals surface area contributed by atoms with Gasteiger partial charge in [-0.1, -0.05) is 31.0 Å². The van der Waals surface area contributed by atoms with Crippen molar-refractivity contribution in [2.75, 3.05) is 24.5 Å². The van der Waals surface area contributed by atoms with E-state index in [1.165, 1.54) is 58.2 Å². The van der Waals surface area contributed by atoms with Gasteiger partial charge in [-0.3, -0.25) is 4.79 Å². The maximum Gasteiger partial charge on any atom is 0.274 e. The van der Waals surface area contributed by atoms with E-state index in [1.807, 2.05) is 41.4 Å². The molecule has 1 aliphatic heterocycles. The second-order valence-corrected chi connectivity index (χ2v) is 9.61. The zero-order valence-corrected chi connectivity index (χ0v) is 17.4. The molecular weight excluding hydrogens is 358 g/mol. The molecular formula is C25H33N3O. The topological polar surface area (TPSA) is 39.3 Å². The van der Waals surface area contributed by atoms with Crippen LogP contribution >= 0.6 is 0 Å². The lowest BCUT2D eigenvalue weighted by Crippen LogP contribution is -2.57. The number of aromatic amines is 1. The predicted octanol–water partition coefficient (Wildman–Crippen LogP) is 5.10. The molecule has 154 valence electrons. The van der Waals surface area contributed by atoms with E-state index in [4.69, 9.17) is 0 Å². The van der Waals surface area contributed by atoms with Crippen LogP contribution in [0.15, 0.2) is 48.7 Å². The van der Waals surface area contributed by atoms with Crippen molar-refractivity contribution in [1.82, 2.24) is 9.88 Å². The van der Waals surface area contributed by atoms with Crippen LogP contribution in [-0.2, 0) is 0 Å². The number of likely N-dealkylation sites (tertiary alicyclic amines) is 1. The van der Waals surface area contributed by atoms with E-state index in [0.29, 0.717) is 17.2 Å². The number of hydrogen-bond acceptors (Lipinski definition) is 2. The Labute approximate surface area is 174 Å². The summed E-state index contributed by atoms with van der Waals surface area (Å²) >= 11 is 0. The molecule has 1 aromatic heterocycles. The second kappa shape index (κ2) is 7.98. The van der Waals surface area contributed by atoms with E-state index in [1.54, 1.807) is 0 Å². The maximum absolute atomic E-state index is 13.2. The molecule has 4 nitrogen and oxygen atoms in total. The highest BCUT2D eigenvalue weighted by atomic mass is 16.2. The number of nitrogens with zero attached hydrogens (tertiary/aromatic N) is 2. The number of para-hydroxylation sites is 1. The Bertz CT molecular complexity index is 794. The molecule has 4 heteroatoms. The summed E-state index contributed by atoms with van der Waals surface area (Å²) < 4.78 is 0. The Morgan fingerprint density at radius 1 is 1.03 bits per heavy atom. The Hall–Kier alpha value is -2.07. The third kappa shape index (κ3) is 3.87. The number of carbonyl (C=O) groups excluding carboxylic acids is 1. The molecule has 1 amide bonds. The summed E-state index contributed by atoms with van der Waals surface area (Å²) in [7, 11) is 0. The molecule has 2 saturated carbocycles. The van der Waals surface area contributed by atoms with E-state index in [-0.39, 0.29) is 5.91 Å². The molecule has 1 saturated heterocycles. The molecule has 5 rings (SSSR count). The van der Waals surface area contributed by atoms with Crippen molar-refractivity contribution in [1.29, 1.82) is 0 Å². The van der Waals surface area contributed by atoms with E-state index in [9.17, 15) is 4.79 Å². The van der Waals surface area contributed by atoms with Gasteiger partial charge in [0.1, 0.15) is 5.69 Å². The highest BCUT2D eigenvalue weighted by molar-refractivity contribution is 6.05. The van der Waals surface area contributed by atoms with E-state index in [2.05, 4.69) is 22.0 Å². The number of amides is 1. The highest BCUT2D eigenvalue weighted by Gasteiger charge is 2.49. The highest BCUT2D eigenvalue weighted by Crippen LogP contribution is 2.52. The van der Waals surface area contributed by atoms with Gasteiger partial charge in [-0.2, -0.15) is 0 Å². The van der Waals surface area contributed by atoms with Gasteiger partial charge in [-0.15, -0.1) is 0 Å². The lowest BCUT2D eigenvalue weighted by molar-refractivity contribution is 0.0110. The quantitative estimate of drug-likeness (QED) is 0.770. The minimum absolute atomic E-state index is 0.0970. The molecule has 0 bridgehead atoms. The van der Waals surface area contributed by atoms with Crippen LogP contribution in [0.1, 0.15) is 61.9 Å². The van der Waals surface area contributed by atoms with Crippen molar-refractivity contribution in [3.05, 3.63) is 54.4 Å². The van der Waals surface area contributed by atoms with Crippen molar-refractivity contribution in [3.63, 3.8) is 0 Å². The lowest BCUT2D eigenvalue weighted by Gasteiger charge is -2.55. The van der Waals surface area contributed by atoms with Crippen LogP contribution in [0.4, 0.5) is 5.69 Å². The summed E-state index contributed by atoms with van der Waals surface area (Å²) in [5, 5.41) is 0. The van der Waals surface area contributed by atoms with Gasteiger partial charge in [0.15, 0.2) is 0 Å². The molecule has 3 fully saturated rings. The summed E-state index contributed by atoms with van der Waals surface area (Å²) in [6.07, 6.45) is 12.5. The van der Waals surface area contributed by atoms with Gasteiger partial charge < -0.3 is 14.8 Å². The molecule has 1 spiro atoms. The van der Waals surface area contributed by atoms with Crippen LogP contribution in [-0.4, -0.2) is 41.5 Å². The standard InChI is InChI=1S/C25H33N3O/c29-24(23-11-6-14-26-23)28(21-9-2-1-3-10-21)22-17-25(18-22)12-15-27(16-13-25)19-20-7-4-5-8-20/h1-3,6,9-11,14,20,22,26H,4-5,7-8,12-13,15-19H2. The number of carbonyl (C=O) groups is 1. The average Bonchev–Trinajstić information content (AvgIpc) is 3.43. The number of aromatic nitrogens is 1. The smallest absolute Gasteiger partial charge is 0.274 e. The summed E-state index contributed by atoms with van der Waals surface area (Å²) in [6, 6.07) is 14.3. The molecule has 1 aromatic carbocycles. The normalized spacial score (nSPS) is 22.6. The summed E-state index contributed by atoms with van der Waals surface area (Å²) in [5.74, 6) is 1.05. The first-order valence-electron chi connectivity index (χ1n) is 11.5. The fraction of sp³-hybridized carbons (Fsp3) is 0.560. The van der Waals surface area contributed by atoms with Gasteiger partial charge >= 0.3 is 0 Å². The van der Waals surface area contributed by atoms with Gasteiger partial charge in [0, 0.05) is 24.5 Å². The van der Waals surface area contributed by atoms with E-state index in [0.717, 1.165) is 24.4 Å². The Morgan fingerprint density at radius 2 is 1.76 bits per heavy atom. The summed E-state index contributed by atoms with van der Waals surface area (Å²) in [5.41, 5.74) is 2.16. The van der Waals surface area contributed by atoms with Crippen molar-refractivity contribution in [2.24, 2.45) is 11.3 Å². The van der Waals surface area contributed by atoms with Crippen LogP contribution in [0.3, 0.4) is 0 Å². The molecule has 2 heterocycles. The van der Waals surface area contributed by atoms with Crippen LogP contribution in [0.5, 0.6) is 0 Å². The first-order valence-corrected chi connectivity index (χ1v) is 11.5. The van der Waals surface area contributed by atoms with Crippen LogP contribution < -0.4 is 4.90 Å². The van der Waals surface area contributed by atoms with Gasteiger partial charge in [0.2, 0.25) is 0 Å². The molecule has 1 N–H and O–H groups in total. The third-order valence-corrected chi connectivity index (χ3v) is 7.69. The van der Waals surface area contributed by atoms with Gasteiger partial charge in [-0.05, 0) is 87.2 Å². The summed E-state index contributed by atoms with van der Waals surface area (Å²) in [4.78, 5) is 21.1. The number of benzene rings is 1. The lowest BCUT2D eigenvalue weighted by atomic mass is 9.60. The number of piperidine rings is 1. The van der Waals surface area contributed by atoms with Crippen molar-refractivity contribution < 1.29 is 4.79 Å². The van der Waals surface area contributed by atoms with Crippen molar-refractivity contribution >= 4 is 11.6 Å². The molecule has 3 aliphatic rings. The molecule has 0 radical (unpaired) electrons. The van der Waals surface area contributed by atoms with E-state index < -0.39 is 0 Å². The predicted molar refractivity (Wildman–Crippen MR) is 117 cm³/mol. The minimum Gasteiger partial charge on any atom is -0.357 e. The molecule has 0 unspecified atom stereocenters. The first kappa shape index (κ1) is 18.9. The monoisotopic (exact) mass is 391 g/mol. The van der Waals surface area contributed by atoms with E-state index >= 15 is 0 Å². The largest absolute Gasteiger partial charge is 0.357 e. The summed E-state index contributed by atoms with van der Waals surface area (Å²) in [6.45, 7) is 3.82. The minimum atomic E-state index is 0.0970. The Kier molecular flexibility index (Phi) is 5.21. The number of rotatable bonds is 5. The molecule has 2 aromatic rings. The first-order chi connectivity index (χ1) is 14.2. The zero-order chi connectivity index (χ0) is 19.7. The van der Waals surface area contributed by atoms with Crippen molar-refractivity contribution in [3.8, 4) is 0 Å². The van der Waals surface area contributed by atoms with Gasteiger partial charge in [0.25, 0.3) is 5.91 Å². The van der Waals surface area contributed by atoms with Gasteiger partial charge in [0.05, 0.1) is 0 Å². The second-order valence-electron chi connectivity index (χ2n) is 9.61. The number of nitrogens with one attached hydrogen (secondary N) is 1. The third-order valence-electron chi connectivity index (χ3n) is 7.69. The van der Waals surface area contributed by atoms with Crippen LogP contribution in [0, 0.1) is 11.3 Å². The Morgan fingerprint density at radius 3 is 2.41 bits per heavy atom. The molecule has 0 atom stereocenters. The number of anilines is 1. The maximum atomic E-state index is 13.2. The van der Waals surface area contributed by atoms with Crippen LogP contribution in [0.25, 0.3) is 0 Å². The fourth-order valence-corrected chi connectivity index (χ4v) is 5.97. The number of H-pyrrole nitrogens is 1. The SMILES string of the molecule is O=C(c1ccc[nH]1)N(c1ccccc1)C1CC2(CCN(CC3CCCC3)CC2)C1. The zero-order valence-electron chi connectivity index (χ0n) is 17.4. The van der Waals surface area contributed by atoms with Gasteiger partial charge in [-0.25, -0.2) is 0 Å². The fourth-order valence-electron chi connectivity index (χ4n) is 5.97. The van der Waals surface area contributed by atoms with Crippen molar-refractivity contribution in [2.45, 2.75) is 57.4 Å². The van der Waals surface area contributed by atoms with Crippen LogP contribution in [0.2, 0.25) is 0 Å².